The average molecular weight is 567 g/mol. The molecule has 0 bridgehead atoms. The Bertz CT molecular complexity index is 1680. The van der Waals surface area contributed by atoms with E-state index < -0.39 is 21.5 Å². The third kappa shape index (κ3) is 4.93. The summed E-state index contributed by atoms with van der Waals surface area (Å²) in [6.07, 6.45) is 0.168. The Morgan fingerprint density at radius 1 is 1.03 bits per heavy atom. The van der Waals surface area contributed by atoms with Crippen LogP contribution in [0.4, 0.5) is 0 Å². The van der Waals surface area contributed by atoms with E-state index in [4.69, 9.17) is 25.8 Å². The number of aromatic nitrogens is 1. The Labute approximate surface area is 231 Å². The topological polar surface area (TPSA) is 104 Å². The van der Waals surface area contributed by atoms with Crippen LogP contribution >= 0.6 is 11.6 Å². The molecule has 1 saturated heterocycles. The first-order valence-corrected chi connectivity index (χ1v) is 14.1. The van der Waals surface area contributed by atoms with Crippen LogP contribution in [0.1, 0.15) is 29.0 Å². The quantitative estimate of drug-likeness (QED) is 0.310. The van der Waals surface area contributed by atoms with E-state index in [0.29, 0.717) is 28.0 Å². The lowest BCUT2D eigenvalue weighted by Crippen LogP contribution is -2.46. The number of para-hydroxylation sites is 1. The summed E-state index contributed by atoms with van der Waals surface area (Å²) in [5.74, 6) is 0.0114. The van der Waals surface area contributed by atoms with Crippen molar-refractivity contribution < 1.29 is 27.4 Å². The summed E-state index contributed by atoms with van der Waals surface area (Å²) in [5, 5.41) is 0.567. The van der Waals surface area contributed by atoms with Crippen LogP contribution in [-0.2, 0) is 25.2 Å². The number of ether oxygens (including phenoxy) is 3. The second-order valence-electron chi connectivity index (χ2n) is 9.38. The van der Waals surface area contributed by atoms with Gasteiger partial charge in [-0.2, -0.15) is 0 Å². The van der Waals surface area contributed by atoms with E-state index in [1.165, 1.54) is 19.2 Å². The fraction of sp³-hybridized carbons (Fsp3) is 0.241. The highest BCUT2D eigenvalue weighted by molar-refractivity contribution is 7.90. The molecule has 1 N–H and O–H groups in total. The zero-order chi connectivity index (χ0) is 27.8. The number of benzene rings is 3. The Balaban J connectivity index is 1.59. The summed E-state index contributed by atoms with van der Waals surface area (Å²) >= 11 is 6.00. The summed E-state index contributed by atoms with van der Waals surface area (Å²) in [4.78, 5) is 18.2. The number of pyridine rings is 1. The molecule has 1 fully saturated rings. The predicted molar refractivity (Wildman–Crippen MR) is 148 cm³/mol. The number of hydrogen-bond donors (Lipinski definition) is 1. The Kier molecular flexibility index (Phi) is 7.24. The van der Waals surface area contributed by atoms with Crippen molar-refractivity contribution in [2.45, 2.75) is 29.8 Å². The number of nitrogens with one attached hydrogen (secondary N) is 1. The number of fused-ring (bicyclic) bond motifs is 1. The Morgan fingerprint density at radius 2 is 1.79 bits per heavy atom. The van der Waals surface area contributed by atoms with Gasteiger partial charge in [0.25, 0.3) is 15.9 Å². The van der Waals surface area contributed by atoms with Gasteiger partial charge >= 0.3 is 0 Å². The first-order valence-electron chi connectivity index (χ1n) is 12.2. The smallest absolute Gasteiger partial charge is 0.270 e. The molecule has 0 radical (unpaired) electrons. The van der Waals surface area contributed by atoms with E-state index in [9.17, 15) is 13.2 Å². The number of hydrogen-bond acceptors (Lipinski definition) is 7. The molecule has 1 amide bonds. The maximum absolute atomic E-state index is 14.1. The molecule has 0 spiro atoms. The van der Waals surface area contributed by atoms with Crippen molar-refractivity contribution >= 4 is 38.4 Å². The number of methoxy groups -OCH3 is 2. The summed E-state index contributed by atoms with van der Waals surface area (Å²) < 4.78 is 47.0. The van der Waals surface area contributed by atoms with Crippen molar-refractivity contribution in [1.29, 1.82) is 0 Å². The van der Waals surface area contributed by atoms with Crippen LogP contribution in [0, 0.1) is 6.92 Å². The predicted octanol–water partition coefficient (Wildman–Crippen LogP) is 5.12. The van der Waals surface area contributed by atoms with Gasteiger partial charge in [0.15, 0.2) is 5.60 Å². The van der Waals surface area contributed by atoms with Gasteiger partial charge < -0.3 is 14.2 Å². The van der Waals surface area contributed by atoms with E-state index in [-0.39, 0.29) is 29.0 Å². The number of aryl methyl sites for hydroxylation is 1. The monoisotopic (exact) mass is 566 g/mol. The molecular formula is C29H27ClN2O6S. The normalized spacial score (nSPS) is 19.1. The molecule has 202 valence electrons. The SMILES string of the molecule is COc1ccccc1C1COC(C(=O)NS(=O)(=O)c2cccc3nc(Cl)ccc23)(c2cc(C)ccc2OC)C1. The van der Waals surface area contributed by atoms with Gasteiger partial charge in [-0.3, -0.25) is 4.79 Å². The molecule has 3 aromatic carbocycles. The molecule has 1 aliphatic rings. The molecule has 1 aromatic heterocycles. The Hall–Kier alpha value is -3.66. The number of nitrogens with zero attached hydrogens (tertiary/aromatic N) is 1. The highest BCUT2D eigenvalue weighted by Crippen LogP contribution is 2.48. The van der Waals surface area contributed by atoms with Gasteiger partial charge in [-0.25, -0.2) is 18.1 Å². The first kappa shape index (κ1) is 26.9. The van der Waals surface area contributed by atoms with Crippen LogP contribution in [0.2, 0.25) is 5.15 Å². The van der Waals surface area contributed by atoms with Gasteiger partial charge in [-0.1, -0.05) is 47.5 Å². The van der Waals surface area contributed by atoms with Gasteiger partial charge in [-0.15, -0.1) is 0 Å². The van der Waals surface area contributed by atoms with Gasteiger partial charge in [0.2, 0.25) is 0 Å². The fourth-order valence-electron chi connectivity index (χ4n) is 5.11. The number of amides is 1. The lowest BCUT2D eigenvalue weighted by molar-refractivity contribution is -0.140. The molecule has 2 heterocycles. The minimum atomic E-state index is -4.34. The molecule has 8 nitrogen and oxygen atoms in total. The lowest BCUT2D eigenvalue weighted by Gasteiger charge is -2.29. The van der Waals surface area contributed by atoms with E-state index in [2.05, 4.69) is 9.71 Å². The van der Waals surface area contributed by atoms with E-state index in [1.54, 1.807) is 37.4 Å². The zero-order valence-electron chi connectivity index (χ0n) is 21.6. The van der Waals surface area contributed by atoms with Gasteiger partial charge in [0.05, 0.1) is 31.2 Å². The standard InChI is InChI=1S/C29H27ClN2O6S/c1-18-11-13-25(37-3)22(15-18)29(16-19(17-38-29)20-7-4-5-9-24(20)36-2)28(33)32-39(34,35)26-10-6-8-23-21(26)12-14-27(30)31-23/h4-15,19H,16-17H2,1-3H3,(H,32,33). The second kappa shape index (κ2) is 10.5. The first-order chi connectivity index (χ1) is 18.7. The van der Waals surface area contributed by atoms with Crippen LogP contribution in [0.5, 0.6) is 11.5 Å². The fourth-order valence-corrected chi connectivity index (χ4v) is 6.51. The molecule has 2 atom stereocenters. The van der Waals surface area contributed by atoms with Crippen molar-refractivity contribution in [3.05, 3.63) is 94.6 Å². The number of carbonyl (C=O) groups excluding carboxylic acids is 1. The number of sulfonamides is 1. The lowest BCUT2D eigenvalue weighted by atomic mass is 9.83. The minimum Gasteiger partial charge on any atom is -0.496 e. The highest BCUT2D eigenvalue weighted by atomic mass is 35.5. The van der Waals surface area contributed by atoms with Gasteiger partial charge in [0.1, 0.15) is 16.7 Å². The molecule has 2 unspecified atom stereocenters. The van der Waals surface area contributed by atoms with E-state index in [0.717, 1.165) is 11.1 Å². The average Bonchev–Trinajstić information content (AvgIpc) is 3.39. The van der Waals surface area contributed by atoms with Crippen LogP contribution in [0.25, 0.3) is 10.9 Å². The van der Waals surface area contributed by atoms with Crippen LogP contribution in [0.15, 0.2) is 77.7 Å². The van der Waals surface area contributed by atoms with E-state index >= 15 is 0 Å². The summed E-state index contributed by atoms with van der Waals surface area (Å²) in [5.41, 5.74) is 0.910. The van der Waals surface area contributed by atoms with Crippen LogP contribution in [-0.4, -0.2) is 40.1 Å². The van der Waals surface area contributed by atoms with E-state index in [1.807, 2.05) is 37.3 Å². The number of carbonyl (C=O) groups is 1. The number of halogens is 1. The molecule has 5 rings (SSSR count). The molecule has 0 saturated carbocycles. The Morgan fingerprint density at radius 3 is 2.56 bits per heavy atom. The molecule has 0 aliphatic carbocycles. The van der Waals surface area contributed by atoms with Crippen molar-refractivity contribution in [2.75, 3.05) is 20.8 Å². The summed E-state index contributed by atoms with van der Waals surface area (Å²) in [6, 6.07) is 20.6. The highest BCUT2D eigenvalue weighted by Gasteiger charge is 2.52. The van der Waals surface area contributed by atoms with Crippen molar-refractivity contribution in [2.24, 2.45) is 0 Å². The molecule has 1 aliphatic heterocycles. The maximum Gasteiger partial charge on any atom is 0.270 e. The largest absolute Gasteiger partial charge is 0.496 e. The number of rotatable bonds is 7. The van der Waals surface area contributed by atoms with Crippen molar-refractivity contribution in [3.63, 3.8) is 0 Å². The third-order valence-electron chi connectivity index (χ3n) is 6.97. The maximum atomic E-state index is 14.1. The molecule has 39 heavy (non-hydrogen) atoms. The van der Waals surface area contributed by atoms with Gasteiger partial charge in [0, 0.05) is 16.9 Å². The summed E-state index contributed by atoms with van der Waals surface area (Å²) in [6.45, 7) is 2.05. The minimum absolute atomic E-state index is 0.0943. The van der Waals surface area contributed by atoms with Gasteiger partial charge in [-0.05, 0) is 61.4 Å². The van der Waals surface area contributed by atoms with Crippen LogP contribution in [0.3, 0.4) is 0 Å². The zero-order valence-corrected chi connectivity index (χ0v) is 23.2. The molecule has 10 heteroatoms. The second-order valence-corrected chi connectivity index (χ2v) is 11.4. The summed E-state index contributed by atoms with van der Waals surface area (Å²) in [7, 11) is -1.26. The van der Waals surface area contributed by atoms with Crippen LogP contribution < -0.4 is 14.2 Å². The molecule has 4 aromatic rings. The van der Waals surface area contributed by atoms with Crippen molar-refractivity contribution in [1.82, 2.24) is 9.71 Å². The molecular weight excluding hydrogens is 540 g/mol. The van der Waals surface area contributed by atoms with Crippen molar-refractivity contribution in [3.8, 4) is 11.5 Å². The third-order valence-corrected chi connectivity index (χ3v) is 8.57.